The number of fused-ring (bicyclic) bond motifs is 4. The van der Waals surface area contributed by atoms with Crippen molar-refractivity contribution in [3.05, 3.63) is 194 Å². The summed E-state index contributed by atoms with van der Waals surface area (Å²) in [6.45, 7) is 1.26. The van der Waals surface area contributed by atoms with Crippen molar-refractivity contribution < 1.29 is 38.6 Å². The van der Waals surface area contributed by atoms with Crippen molar-refractivity contribution in [1.29, 1.82) is 0 Å². The van der Waals surface area contributed by atoms with Gasteiger partial charge in [-0.15, -0.1) is 0 Å². The highest BCUT2D eigenvalue weighted by molar-refractivity contribution is 6.11. The zero-order valence-electron chi connectivity index (χ0n) is 37.5. The highest BCUT2D eigenvalue weighted by Crippen LogP contribution is 2.47. The highest BCUT2D eigenvalue weighted by atomic mass is 16.5. The number of hydrogen-bond donors (Lipinski definition) is 2. The van der Waals surface area contributed by atoms with Crippen molar-refractivity contribution >= 4 is 43.1 Å². The quantitative estimate of drug-likeness (QED) is 0.0775. The fourth-order valence-electron chi connectivity index (χ4n) is 9.07. The molecule has 0 saturated carbocycles. The lowest BCUT2D eigenvalue weighted by Gasteiger charge is -2.20. The van der Waals surface area contributed by atoms with Crippen molar-refractivity contribution in [3.63, 3.8) is 0 Å². The van der Waals surface area contributed by atoms with E-state index in [1.165, 1.54) is 0 Å². The molecule has 0 fully saturated rings. The normalized spacial score (nSPS) is 11.3. The Bertz CT molecular complexity index is 3140. The van der Waals surface area contributed by atoms with Gasteiger partial charge < -0.3 is 38.6 Å². The zero-order chi connectivity index (χ0) is 46.1. The minimum atomic E-state index is -0.0973. The van der Waals surface area contributed by atoms with Gasteiger partial charge in [0.25, 0.3) is 0 Å². The summed E-state index contributed by atoms with van der Waals surface area (Å²) < 4.78 is 38.6. The summed E-state index contributed by atoms with van der Waals surface area (Å²) in [7, 11) is 0. The van der Waals surface area contributed by atoms with E-state index >= 15 is 0 Å². The van der Waals surface area contributed by atoms with Gasteiger partial charge in [0.2, 0.25) is 0 Å². The zero-order valence-corrected chi connectivity index (χ0v) is 37.5. The summed E-state index contributed by atoms with van der Waals surface area (Å²) in [5, 5.41) is 27.8. The average molecular weight is 899 g/mol. The standard InChI is InChI=1S/C60H50O8/c61-33-35-63-53-29-25-41-13-1-5-17-45(41)57(53)59-47-19-7-3-15-43(47)27-31-55(59)67-39-37-65-51-23-11-9-21-49(51)50-22-10-12-24-52(50)66-38-40-68-56-32-28-44-16-4-8-20-48(44)60(56)58-46-18-6-2-14-42(46)26-30-54(58)64-36-34-62/h1-32,61-62H,33-40H2. The molecule has 0 aliphatic carbocycles. The second kappa shape index (κ2) is 20.6. The van der Waals surface area contributed by atoms with Crippen LogP contribution in [0.3, 0.4) is 0 Å². The van der Waals surface area contributed by atoms with Crippen LogP contribution in [0.5, 0.6) is 34.5 Å². The third kappa shape index (κ3) is 9.07. The minimum absolute atomic E-state index is 0.0973. The highest BCUT2D eigenvalue weighted by Gasteiger charge is 2.21. The lowest BCUT2D eigenvalue weighted by atomic mass is 9.92. The van der Waals surface area contributed by atoms with E-state index < -0.39 is 0 Å². The molecule has 0 saturated heterocycles. The van der Waals surface area contributed by atoms with Gasteiger partial charge in [0, 0.05) is 33.4 Å². The molecule has 68 heavy (non-hydrogen) atoms. The Morgan fingerprint density at radius 3 is 0.794 bits per heavy atom. The maximum Gasteiger partial charge on any atom is 0.128 e. The number of hydrogen-bond acceptors (Lipinski definition) is 8. The van der Waals surface area contributed by atoms with Crippen LogP contribution in [0.15, 0.2) is 194 Å². The molecular formula is C60H50O8. The Balaban J connectivity index is 0.872. The molecule has 8 nitrogen and oxygen atoms in total. The van der Waals surface area contributed by atoms with Crippen molar-refractivity contribution in [1.82, 2.24) is 0 Å². The predicted molar refractivity (Wildman–Crippen MR) is 273 cm³/mol. The van der Waals surface area contributed by atoms with E-state index in [0.29, 0.717) is 34.5 Å². The van der Waals surface area contributed by atoms with Crippen LogP contribution < -0.4 is 28.4 Å². The van der Waals surface area contributed by atoms with Crippen molar-refractivity contribution in [3.8, 4) is 67.9 Å². The van der Waals surface area contributed by atoms with E-state index in [1.807, 2.05) is 133 Å². The van der Waals surface area contributed by atoms with Crippen molar-refractivity contribution in [2.45, 2.75) is 0 Å². The van der Waals surface area contributed by atoms with Gasteiger partial charge in [-0.3, -0.25) is 0 Å². The van der Waals surface area contributed by atoms with Crippen LogP contribution in [0.1, 0.15) is 0 Å². The molecule has 0 radical (unpaired) electrons. The molecule has 0 aromatic heterocycles. The van der Waals surface area contributed by atoms with Gasteiger partial charge in [-0.1, -0.05) is 158 Å². The first kappa shape index (κ1) is 43.8. The summed E-state index contributed by atoms with van der Waals surface area (Å²) in [6, 6.07) is 65.1. The fraction of sp³-hybridized carbons (Fsp3) is 0.133. The third-order valence-electron chi connectivity index (χ3n) is 12.0. The maximum atomic E-state index is 9.70. The van der Waals surface area contributed by atoms with E-state index in [4.69, 9.17) is 28.4 Å². The summed E-state index contributed by atoms with van der Waals surface area (Å²) in [6.07, 6.45) is 0. The second-order valence-corrected chi connectivity index (χ2v) is 16.2. The number of aliphatic hydroxyl groups excluding tert-OH is 2. The molecule has 0 atom stereocenters. The van der Waals surface area contributed by atoms with Crippen LogP contribution >= 0.6 is 0 Å². The summed E-state index contributed by atoms with van der Waals surface area (Å²) in [5.41, 5.74) is 5.45. The summed E-state index contributed by atoms with van der Waals surface area (Å²) in [4.78, 5) is 0. The van der Waals surface area contributed by atoms with E-state index in [2.05, 4.69) is 60.7 Å². The molecule has 8 heteroatoms. The van der Waals surface area contributed by atoms with Crippen LogP contribution in [0, 0.1) is 0 Å². The summed E-state index contributed by atoms with van der Waals surface area (Å²) >= 11 is 0. The van der Waals surface area contributed by atoms with Crippen LogP contribution in [0.2, 0.25) is 0 Å². The molecule has 10 aromatic rings. The Morgan fingerprint density at radius 2 is 0.485 bits per heavy atom. The molecule has 2 N–H and O–H groups in total. The van der Waals surface area contributed by atoms with Gasteiger partial charge in [-0.05, 0) is 79.5 Å². The molecule has 0 heterocycles. The van der Waals surface area contributed by atoms with Gasteiger partial charge in [-0.25, -0.2) is 0 Å². The van der Waals surface area contributed by atoms with E-state index in [9.17, 15) is 10.2 Å². The van der Waals surface area contributed by atoms with E-state index in [-0.39, 0.29) is 52.9 Å². The number of aliphatic hydroxyl groups is 2. The lowest BCUT2D eigenvalue weighted by molar-refractivity contribution is 0.202. The molecule has 0 amide bonds. The van der Waals surface area contributed by atoms with E-state index in [0.717, 1.165) is 76.5 Å². The van der Waals surface area contributed by atoms with Gasteiger partial charge >= 0.3 is 0 Å². The van der Waals surface area contributed by atoms with Crippen molar-refractivity contribution in [2.24, 2.45) is 0 Å². The maximum absolute atomic E-state index is 9.70. The first-order valence-corrected chi connectivity index (χ1v) is 22.9. The van der Waals surface area contributed by atoms with Crippen molar-refractivity contribution in [2.75, 3.05) is 52.9 Å². The molecule has 0 spiro atoms. The minimum Gasteiger partial charge on any atom is -0.491 e. The van der Waals surface area contributed by atoms with Crippen LogP contribution in [-0.4, -0.2) is 63.1 Å². The van der Waals surface area contributed by atoms with Crippen LogP contribution in [0.4, 0.5) is 0 Å². The monoisotopic (exact) mass is 898 g/mol. The second-order valence-electron chi connectivity index (χ2n) is 16.2. The summed E-state index contributed by atoms with van der Waals surface area (Å²) in [5.74, 6) is 4.16. The molecule has 0 aliphatic rings. The first-order chi connectivity index (χ1) is 33.7. The predicted octanol–water partition coefficient (Wildman–Crippen LogP) is 13.0. The topological polar surface area (TPSA) is 95.8 Å². The SMILES string of the molecule is OCCOc1ccc2ccccc2c1-c1c(OCCOc2ccccc2-c2ccccc2OCCOc2ccc3ccccc3c2-c2c(OCCO)ccc3ccccc23)ccc2ccccc12. The molecule has 0 unspecified atom stereocenters. The number of ether oxygens (including phenoxy) is 6. The van der Waals surface area contributed by atoms with E-state index in [1.54, 1.807) is 0 Å². The Kier molecular flexibility index (Phi) is 13.3. The number of benzene rings is 10. The smallest absolute Gasteiger partial charge is 0.128 e. The third-order valence-corrected chi connectivity index (χ3v) is 12.0. The Labute approximate surface area is 395 Å². The Morgan fingerprint density at radius 1 is 0.235 bits per heavy atom. The molecule has 10 aromatic carbocycles. The molecular weight excluding hydrogens is 849 g/mol. The number of para-hydroxylation sites is 2. The number of rotatable bonds is 19. The molecule has 10 rings (SSSR count). The molecule has 0 aliphatic heterocycles. The van der Waals surface area contributed by atoms with Gasteiger partial charge in [-0.2, -0.15) is 0 Å². The van der Waals surface area contributed by atoms with Crippen LogP contribution in [-0.2, 0) is 0 Å². The fourth-order valence-corrected chi connectivity index (χ4v) is 9.07. The van der Waals surface area contributed by atoms with Gasteiger partial charge in [0.15, 0.2) is 0 Å². The van der Waals surface area contributed by atoms with Gasteiger partial charge in [0.1, 0.15) is 74.1 Å². The van der Waals surface area contributed by atoms with Crippen LogP contribution in [0.25, 0.3) is 76.5 Å². The first-order valence-electron chi connectivity index (χ1n) is 22.9. The molecule has 0 bridgehead atoms. The molecule has 338 valence electrons. The lowest BCUT2D eigenvalue weighted by Crippen LogP contribution is -2.11. The Hall–Kier alpha value is -8.04. The largest absolute Gasteiger partial charge is 0.491 e. The van der Waals surface area contributed by atoms with Gasteiger partial charge in [0.05, 0.1) is 13.2 Å². The average Bonchev–Trinajstić information content (AvgIpc) is 3.39.